The monoisotopic (exact) mass is 449 g/mol. The maximum atomic E-state index is 3.76. The number of benzene rings is 4. The zero-order valence-corrected chi connectivity index (χ0v) is 20.0. The van der Waals surface area contributed by atoms with Crippen molar-refractivity contribution in [2.24, 2.45) is 0 Å². The quantitative estimate of drug-likeness (QED) is 0.218. The molecule has 4 aromatic rings. The molecule has 33 heavy (non-hydrogen) atoms. The highest BCUT2D eigenvalue weighted by Gasteiger charge is 2.49. The van der Waals surface area contributed by atoms with Gasteiger partial charge in [0.15, 0.2) is 0 Å². The lowest BCUT2D eigenvalue weighted by Gasteiger charge is -2.39. The third-order valence-corrected chi connectivity index (χ3v) is 10.7. The van der Waals surface area contributed by atoms with E-state index in [-0.39, 0.29) is 5.16 Å². The lowest BCUT2D eigenvalue weighted by atomic mass is 9.89. The zero-order valence-electron chi connectivity index (χ0n) is 19.1. The molecule has 0 spiro atoms. The summed E-state index contributed by atoms with van der Waals surface area (Å²) in [6.07, 6.45) is 3.65. The average Bonchev–Trinajstić information content (AvgIpc) is 3.29. The highest BCUT2D eigenvalue weighted by molar-refractivity contribution is 7.67. The molecule has 1 aliphatic heterocycles. The Kier molecular flexibility index (Phi) is 7.01. The van der Waals surface area contributed by atoms with Crippen molar-refractivity contribution in [2.45, 2.75) is 36.6 Å². The van der Waals surface area contributed by atoms with Crippen molar-refractivity contribution in [1.29, 1.82) is 0 Å². The van der Waals surface area contributed by atoms with Gasteiger partial charge in [-0.05, 0) is 47.8 Å². The van der Waals surface area contributed by atoms with Crippen LogP contribution in [0, 0.1) is 0 Å². The molecule has 0 saturated carbocycles. The lowest BCUT2D eigenvalue weighted by molar-refractivity contribution is 0.501. The fourth-order valence-electron chi connectivity index (χ4n) is 5.48. The molecular formula is C31H32NP. The second-order valence-electron chi connectivity index (χ2n) is 8.98. The maximum absolute atomic E-state index is 3.76. The molecule has 3 atom stereocenters. The average molecular weight is 450 g/mol. The first-order valence-corrected chi connectivity index (χ1v) is 13.5. The summed E-state index contributed by atoms with van der Waals surface area (Å²) in [7, 11) is -0.415. The Bertz CT molecular complexity index is 1110. The molecule has 0 aromatic heterocycles. The van der Waals surface area contributed by atoms with Crippen LogP contribution in [0.5, 0.6) is 0 Å². The van der Waals surface area contributed by atoms with Gasteiger partial charge in [-0.15, -0.1) is 0 Å². The molecule has 1 aliphatic rings. The molecule has 2 heteroatoms. The summed E-state index contributed by atoms with van der Waals surface area (Å²) >= 11 is 0. The van der Waals surface area contributed by atoms with Crippen LogP contribution in [0.2, 0.25) is 0 Å². The first-order chi connectivity index (χ1) is 16.4. The van der Waals surface area contributed by atoms with Crippen molar-refractivity contribution in [3.8, 4) is 0 Å². The lowest BCUT2D eigenvalue weighted by Crippen LogP contribution is -2.30. The molecule has 1 fully saturated rings. The van der Waals surface area contributed by atoms with Crippen LogP contribution >= 0.6 is 7.92 Å². The third-order valence-electron chi connectivity index (χ3n) is 7.02. The van der Waals surface area contributed by atoms with E-state index in [0.29, 0.717) is 5.66 Å². The molecule has 0 radical (unpaired) electrons. The van der Waals surface area contributed by atoms with Gasteiger partial charge in [0.2, 0.25) is 0 Å². The van der Waals surface area contributed by atoms with Gasteiger partial charge < -0.3 is 5.32 Å². The van der Waals surface area contributed by atoms with E-state index in [2.05, 4.69) is 127 Å². The fraction of sp³-hybridized carbons (Fsp3) is 0.226. The Balaban J connectivity index is 1.49. The Labute approximate surface area is 199 Å². The molecule has 1 heterocycles. The van der Waals surface area contributed by atoms with Crippen molar-refractivity contribution in [3.63, 3.8) is 0 Å². The first kappa shape index (κ1) is 22.1. The minimum atomic E-state index is -0.415. The minimum Gasteiger partial charge on any atom is -0.313 e. The van der Waals surface area contributed by atoms with E-state index in [4.69, 9.17) is 0 Å². The summed E-state index contributed by atoms with van der Waals surface area (Å²) in [5, 5.41) is 5.48. The van der Waals surface area contributed by atoms with Crippen LogP contribution < -0.4 is 10.6 Å². The van der Waals surface area contributed by atoms with Crippen LogP contribution in [0.4, 0.5) is 0 Å². The molecule has 1 N–H and O–H groups in total. The smallest absolute Gasteiger partial charge is 0.0213 e. The predicted molar refractivity (Wildman–Crippen MR) is 142 cm³/mol. The molecular weight excluding hydrogens is 417 g/mol. The van der Waals surface area contributed by atoms with E-state index in [1.54, 1.807) is 0 Å². The Hall–Kier alpha value is -2.73. The van der Waals surface area contributed by atoms with Crippen LogP contribution in [0.15, 0.2) is 121 Å². The number of hydrogen-bond acceptors (Lipinski definition) is 1. The van der Waals surface area contributed by atoms with Gasteiger partial charge >= 0.3 is 0 Å². The number of rotatable bonds is 8. The molecule has 0 bridgehead atoms. The van der Waals surface area contributed by atoms with Crippen molar-refractivity contribution in [3.05, 3.63) is 138 Å². The van der Waals surface area contributed by atoms with E-state index in [0.717, 1.165) is 19.5 Å². The van der Waals surface area contributed by atoms with E-state index >= 15 is 0 Å². The Morgan fingerprint density at radius 2 is 1.27 bits per heavy atom. The second-order valence-corrected chi connectivity index (χ2v) is 11.7. The highest BCUT2D eigenvalue weighted by Crippen LogP contribution is 2.73. The molecule has 1 unspecified atom stereocenters. The van der Waals surface area contributed by atoms with Crippen LogP contribution in [-0.2, 0) is 11.7 Å². The molecule has 166 valence electrons. The van der Waals surface area contributed by atoms with Crippen LogP contribution in [-0.4, -0.2) is 6.54 Å². The van der Waals surface area contributed by atoms with Crippen LogP contribution in [0.25, 0.3) is 0 Å². The first-order valence-electron chi connectivity index (χ1n) is 12.1. The Morgan fingerprint density at radius 3 is 1.94 bits per heavy atom. The zero-order chi connectivity index (χ0) is 22.3. The fourth-order valence-corrected chi connectivity index (χ4v) is 9.43. The molecule has 1 nitrogen and oxygen atoms in total. The van der Waals surface area contributed by atoms with E-state index < -0.39 is 7.92 Å². The van der Waals surface area contributed by atoms with Gasteiger partial charge in [0.05, 0.1) is 0 Å². The third kappa shape index (κ3) is 4.81. The van der Waals surface area contributed by atoms with Crippen LogP contribution in [0.3, 0.4) is 0 Å². The van der Waals surface area contributed by atoms with Gasteiger partial charge in [0.1, 0.15) is 0 Å². The Morgan fingerprint density at radius 1 is 0.697 bits per heavy atom. The van der Waals surface area contributed by atoms with E-state index in [9.17, 15) is 0 Å². The summed E-state index contributed by atoms with van der Waals surface area (Å²) in [6, 6.07) is 44.7. The topological polar surface area (TPSA) is 12.0 Å². The normalized spacial score (nSPS) is 22.3. The molecule has 5 rings (SSSR count). The maximum Gasteiger partial charge on any atom is 0.0213 e. The molecule has 0 amide bonds. The molecule has 1 saturated heterocycles. The summed E-state index contributed by atoms with van der Waals surface area (Å²) < 4.78 is 0. The van der Waals surface area contributed by atoms with Gasteiger partial charge in [0.25, 0.3) is 0 Å². The van der Waals surface area contributed by atoms with E-state index in [1.165, 1.54) is 34.8 Å². The van der Waals surface area contributed by atoms with Crippen molar-refractivity contribution in [1.82, 2.24) is 5.32 Å². The predicted octanol–water partition coefficient (Wildman–Crippen LogP) is 7.40. The van der Waals surface area contributed by atoms with Crippen molar-refractivity contribution >= 4 is 13.2 Å². The summed E-state index contributed by atoms with van der Waals surface area (Å²) in [5.74, 6) is 0. The van der Waals surface area contributed by atoms with Crippen LogP contribution in [0.1, 0.15) is 41.6 Å². The second kappa shape index (κ2) is 10.5. The van der Waals surface area contributed by atoms with Crippen molar-refractivity contribution in [2.75, 3.05) is 6.54 Å². The van der Waals surface area contributed by atoms with Gasteiger partial charge in [0, 0.05) is 17.4 Å². The molecule has 0 aliphatic carbocycles. The number of nitrogens with one attached hydrogen (secondary N) is 1. The molecule has 4 aromatic carbocycles. The summed E-state index contributed by atoms with van der Waals surface area (Å²) in [5.41, 5.74) is 4.96. The minimum absolute atomic E-state index is 0.183. The highest BCUT2D eigenvalue weighted by atomic mass is 31.1. The van der Waals surface area contributed by atoms with Gasteiger partial charge in [-0.25, -0.2) is 0 Å². The number of hydrogen-bond donors (Lipinski definition) is 1. The largest absolute Gasteiger partial charge is 0.313 e. The van der Waals surface area contributed by atoms with Gasteiger partial charge in [-0.3, -0.25) is 0 Å². The standard InChI is InChI=1S/C31H32NP/c1-5-13-26(14-6-1)25-32-24-23-31(28-17-9-3-10-18-28)22-21-30(27-15-7-2-8-16-27)33(31)29-19-11-4-12-20-29/h1-20,30,32H,21-25H2/t30-,31-,33?/m0/s1. The SMILES string of the molecule is c1ccc(CNCC[C@]2(c3ccccc3)CC[C@@H](c3ccccc3)P2c2ccccc2)cc1. The van der Waals surface area contributed by atoms with E-state index in [1.807, 2.05) is 0 Å². The van der Waals surface area contributed by atoms with Crippen molar-refractivity contribution < 1.29 is 0 Å². The van der Waals surface area contributed by atoms with Gasteiger partial charge in [-0.1, -0.05) is 129 Å². The summed E-state index contributed by atoms with van der Waals surface area (Å²) in [6.45, 7) is 1.95. The van der Waals surface area contributed by atoms with Gasteiger partial charge in [-0.2, -0.15) is 0 Å². The summed E-state index contributed by atoms with van der Waals surface area (Å²) in [4.78, 5) is 0.